The Labute approximate surface area is 213 Å². The minimum atomic E-state index is -4.64. The van der Waals surface area contributed by atoms with Gasteiger partial charge in [0.25, 0.3) is 0 Å². The number of hydrogen-bond acceptors (Lipinski definition) is 4. The number of ether oxygens (including phenoxy) is 1. The molecular weight excluding hydrogens is 481 g/mol. The van der Waals surface area contributed by atoms with Crippen LogP contribution in [0.4, 0.5) is 23.7 Å². The Morgan fingerprint density at radius 3 is 2.27 bits per heavy atom. The van der Waals surface area contributed by atoms with Crippen molar-refractivity contribution in [2.45, 2.75) is 50.3 Å². The highest BCUT2D eigenvalue weighted by Crippen LogP contribution is 2.52. The Bertz CT molecular complexity index is 1370. The van der Waals surface area contributed by atoms with Gasteiger partial charge in [0, 0.05) is 0 Å². The predicted molar refractivity (Wildman–Crippen MR) is 132 cm³/mol. The lowest BCUT2D eigenvalue weighted by atomic mass is 9.65. The highest BCUT2D eigenvalue weighted by molar-refractivity contribution is 6.21. The van der Waals surface area contributed by atoms with Gasteiger partial charge in [-0.1, -0.05) is 66.7 Å². The van der Waals surface area contributed by atoms with Crippen molar-refractivity contribution in [3.63, 3.8) is 0 Å². The van der Waals surface area contributed by atoms with Crippen molar-refractivity contribution in [1.82, 2.24) is 0 Å². The molecule has 0 N–H and O–H groups in total. The molecule has 1 aliphatic rings. The van der Waals surface area contributed by atoms with Crippen molar-refractivity contribution in [3.05, 3.63) is 101 Å². The predicted octanol–water partition coefficient (Wildman–Crippen LogP) is 6.77. The van der Waals surface area contributed by atoms with Crippen molar-refractivity contribution in [3.8, 4) is 6.07 Å². The summed E-state index contributed by atoms with van der Waals surface area (Å²) < 4.78 is 46.2. The molecule has 0 unspecified atom stereocenters. The molecule has 0 fully saturated rings. The molecule has 0 saturated heterocycles. The van der Waals surface area contributed by atoms with Crippen LogP contribution in [-0.2, 0) is 27.5 Å². The Balaban J connectivity index is 1.97. The lowest BCUT2D eigenvalue weighted by Gasteiger charge is -2.34. The molecule has 3 aromatic rings. The smallest absolute Gasteiger partial charge is 0.421 e. The molecule has 1 heterocycles. The number of nitriles is 1. The second-order valence-electron chi connectivity index (χ2n) is 9.96. The molecule has 190 valence electrons. The quantitative estimate of drug-likeness (QED) is 0.391. The molecule has 8 heteroatoms. The summed E-state index contributed by atoms with van der Waals surface area (Å²) in [4.78, 5) is 28.5. The number of imide groups is 1. The fourth-order valence-corrected chi connectivity index (χ4v) is 4.79. The maximum Gasteiger partial charge on any atom is 0.421 e. The van der Waals surface area contributed by atoms with Gasteiger partial charge in [0.2, 0.25) is 5.91 Å². The zero-order valence-electron chi connectivity index (χ0n) is 20.5. The lowest BCUT2D eigenvalue weighted by Crippen LogP contribution is -2.49. The third kappa shape index (κ3) is 4.82. The van der Waals surface area contributed by atoms with E-state index in [1.807, 2.05) is 0 Å². The van der Waals surface area contributed by atoms with Gasteiger partial charge in [-0.25, -0.2) is 9.69 Å². The molecule has 37 heavy (non-hydrogen) atoms. The van der Waals surface area contributed by atoms with Crippen LogP contribution in [0.3, 0.4) is 0 Å². The molecule has 2 amide bonds. The number of rotatable bonds is 4. The van der Waals surface area contributed by atoms with E-state index in [9.17, 15) is 28.0 Å². The van der Waals surface area contributed by atoms with Gasteiger partial charge >= 0.3 is 12.3 Å². The molecule has 0 spiro atoms. The van der Waals surface area contributed by atoms with Gasteiger partial charge < -0.3 is 4.74 Å². The third-order valence-corrected chi connectivity index (χ3v) is 6.28. The molecular formula is C29H25F3N2O3. The number of benzene rings is 3. The minimum Gasteiger partial charge on any atom is -0.443 e. The van der Waals surface area contributed by atoms with E-state index in [1.165, 1.54) is 12.1 Å². The summed E-state index contributed by atoms with van der Waals surface area (Å²) in [5, 5.41) is 10.4. The topological polar surface area (TPSA) is 70.4 Å². The first kappa shape index (κ1) is 26.0. The molecule has 1 aliphatic heterocycles. The number of fused-ring (bicyclic) bond motifs is 1. The van der Waals surface area contributed by atoms with Crippen molar-refractivity contribution in [1.29, 1.82) is 5.26 Å². The minimum absolute atomic E-state index is 0.0164. The third-order valence-electron chi connectivity index (χ3n) is 6.28. The summed E-state index contributed by atoms with van der Waals surface area (Å²) in [6.45, 7) is 4.99. The summed E-state index contributed by atoms with van der Waals surface area (Å²) >= 11 is 0. The lowest BCUT2D eigenvalue weighted by molar-refractivity contribution is -0.137. The van der Waals surface area contributed by atoms with E-state index in [1.54, 1.807) is 75.4 Å². The maximum absolute atomic E-state index is 14.3. The molecule has 0 aliphatic carbocycles. The molecule has 0 bridgehead atoms. The Kier molecular flexibility index (Phi) is 6.59. The van der Waals surface area contributed by atoms with Crippen molar-refractivity contribution in [2.24, 2.45) is 0 Å². The number of alkyl halides is 3. The Hall–Kier alpha value is -4.12. The number of hydrogen-bond donors (Lipinski definition) is 0. The van der Waals surface area contributed by atoms with Gasteiger partial charge in [-0.15, -0.1) is 0 Å². The van der Waals surface area contributed by atoms with E-state index in [0.717, 1.165) is 17.0 Å². The summed E-state index contributed by atoms with van der Waals surface area (Å²) in [6.07, 6.45) is -5.57. The van der Waals surface area contributed by atoms with Crippen molar-refractivity contribution < 1.29 is 27.5 Å². The van der Waals surface area contributed by atoms with Crippen LogP contribution in [0.5, 0.6) is 0 Å². The molecule has 4 rings (SSSR count). The van der Waals surface area contributed by atoms with E-state index in [2.05, 4.69) is 6.07 Å². The van der Waals surface area contributed by atoms with Crippen LogP contribution in [0.1, 0.15) is 48.9 Å². The first-order valence-electron chi connectivity index (χ1n) is 11.7. The first-order valence-corrected chi connectivity index (χ1v) is 11.7. The zero-order chi connectivity index (χ0) is 27.0. The van der Waals surface area contributed by atoms with Crippen LogP contribution >= 0.6 is 0 Å². The molecule has 3 aromatic carbocycles. The average molecular weight is 507 g/mol. The molecule has 2 atom stereocenters. The van der Waals surface area contributed by atoms with E-state index < -0.39 is 40.7 Å². The largest absolute Gasteiger partial charge is 0.443 e. The number of para-hydroxylation sites is 1. The molecule has 0 saturated carbocycles. The summed E-state index contributed by atoms with van der Waals surface area (Å²) in [7, 11) is 0. The fraction of sp³-hybridized carbons (Fsp3) is 0.276. The van der Waals surface area contributed by atoms with Crippen LogP contribution < -0.4 is 4.90 Å². The van der Waals surface area contributed by atoms with Gasteiger partial charge in [-0.3, -0.25) is 4.79 Å². The summed E-state index contributed by atoms with van der Waals surface area (Å²) in [6, 6.07) is 22.0. The van der Waals surface area contributed by atoms with E-state index in [-0.39, 0.29) is 17.7 Å². The fourth-order valence-electron chi connectivity index (χ4n) is 4.79. The molecule has 0 aromatic heterocycles. The highest BCUT2D eigenvalue weighted by atomic mass is 19.4. The standard InChI is InChI=1S/C29H25F3N2O3/c1-27(2,3)37-26(36)34-24-15-8-7-14-22(24)28(25(34)35,17-19-10-5-4-6-11-19)23(18-33)20-12-9-13-21(16-20)29(30,31)32/h4-16,23H,17H2,1-3H3/t23-,28+/m0/s1. The normalized spacial score (nSPS) is 18.2. The number of amides is 2. The second kappa shape index (κ2) is 9.40. The van der Waals surface area contributed by atoms with Crippen LogP contribution in [0.2, 0.25) is 0 Å². The number of anilines is 1. The monoisotopic (exact) mass is 506 g/mol. The Morgan fingerprint density at radius 2 is 1.65 bits per heavy atom. The van der Waals surface area contributed by atoms with Crippen LogP contribution in [0.25, 0.3) is 0 Å². The summed E-state index contributed by atoms with van der Waals surface area (Å²) in [5.74, 6) is -2.06. The second-order valence-corrected chi connectivity index (χ2v) is 9.96. The Morgan fingerprint density at radius 1 is 1.00 bits per heavy atom. The van der Waals surface area contributed by atoms with E-state index >= 15 is 0 Å². The average Bonchev–Trinajstić information content (AvgIpc) is 3.07. The van der Waals surface area contributed by atoms with Gasteiger partial charge in [-0.05, 0) is 56.0 Å². The van der Waals surface area contributed by atoms with Crippen LogP contribution in [0.15, 0.2) is 78.9 Å². The SMILES string of the molecule is CC(C)(C)OC(=O)N1C(=O)[C@@](Cc2ccccc2)([C@@H](C#N)c2cccc(C(F)(F)F)c2)c2ccccc21. The number of carbonyl (C=O) groups excluding carboxylic acids is 2. The van der Waals surface area contributed by atoms with Crippen LogP contribution in [-0.4, -0.2) is 17.6 Å². The maximum atomic E-state index is 14.3. The van der Waals surface area contributed by atoms with Gasteiger partial charge in [0.05, 0.1) is 23.2 Å². The van der Waals surface area contributed by atoms with Gasteiger partial charge in [0.15, 0.2) is 0 Å². The number of carbonyl (C=O) groups is 2. The van der Waals surface area contributed by atoms with Gasteiger partial charge in [0.1, 0.15) is 11.0 Å². The molecule has 0 radical (unpaired) electrons. The number of halogens is 3. The van der Waals surface area contributed by atoms with Crippen molar-refractivity contribution in [2.75, 3.05) is 4.90 Å². The van der Waals surface area contributed by atoms with Gasteiger partial charge in [-0.2, -0.15) is 18.4 Å². The summed E-state index contributed by atoms with van der Waals surface area (Å²) in [5.41, 5.74) is -2.20. The van der Waals surface area contributed by atoms with E-state index in [4.69, 9.17) is 4.74 Å². The number of nitrogens with zero attached hydrogens (tertiary/aromatic N) is 2. The van der Waals surface area contributed by atoms with Crippen LogP contribution in [0, 0.1) is 11.3 Å². The first-order chi connectivity index (χ1) is 17.4. The van der Waals surface area contributed by atoms with Crippen molar-refractivity contribution >= 4 is 17.7 Å². The molecule has 5 nitrogen and oxygen atoms in total. The highest BCUT2D eigenvalue weighted by Gasteiger charge is 2.58. The van der Waals surface area contributed by atoms with E-state index in [0.29, 0.717) is 11.1 Å². The zero-order valence-corrected chi connectivity index (χ0v) is 20.5.